The Bertz CT molecular complexity index is 914. The van der Waals surface area contributed by atoms with Crippen molar-refractivity contribution in [2.45, 2.75) is 26.3 Å². The van der Waals surface area contributed by atoms with Gasteiger partial charge in [-0.2, -0.15) is 0 Å². The van der Waals surface area contributed by atoms with E-state index < -0.39 is 17.6 Å². The molecule has 0 bridgehead atoms. The molecule has 0 spiro atoms. The van der Waals surface area contributed by atoms with Gasteiger partial charge in [0.2, 0.25) is 5.91 Å². The number of nitrogens with zero attached hydrogens (tertiary/aromatic N) is 1. The lowest BCUT2D eigenvalue weighted by Crippen LogP contribution is -2.49. The molecule has 1 atom stereocenters. The molecule has 2 rings (SSSR count). The zero-order chi connectivity index (χ0) is 22.1. The SMILES string of the molecule is CC(=O)Nc1ccccc1C(=O)C(=O)NNC(=O)CN(C)C(C)Cc1ccccc1. The van der Waals surface area contributed by atoms with Crippen LogP contribution in [0.1, 0.15) is 29.8 Å². The average Bonchev–Trinajstić information content (AvgIpc) is 2.72. The third kappa shape index (κ3) is 6.82. The lowest BCUT2D eigenvalue weighted by Gasteiger charge is -2.24. The van der Waals surface area contributed by atoms with E-state index in [9.17, 15) is 19.2 Å². The summed E-state index contributed by atoms with van der Waals surface area (Å²) < 4.78 is 0. The number of nitrogens with one attached hydrogen (secondary N) is 3. The van der Waals surface area contributed by atoms with Crippen LogP contribution in [0.5, 0.6) is 0 Å². The van der Waals surface area contributed by atoms with Gasteiger partial charge in [0.1, 0.15) is 0 Å². The number of hydrogen-bond acceptors (Lipinski definition) is 5. The second-order valence-electron chi connectivity index (χ2n) is 7.01. The van der Waals surface area contributed by atoms with Crippen LogP contribution in [0, 0.1) is 0 Å². The van der Waals surface area contributed by atoms with Crippen molar-refractivity contribution in [3.8, 4) is 0 Å². The van der Waals surface area contributed by atoms with Crippen molar-refractivity contribution in [2.24, 2.45) is 0 Å². The summed E-state index contributed by atoms with van der Waals surface area (Å²) in [6, 6.07) is 16.2. The maximum atomic E-state index is 12.4. The molecular weight excluding hydrogens is 384 g/mol. The highest BCUT2D eigenvalue weighted by Gasteiger charge is 2.21. The summed E-state index contributed by atoms with van der Waals surface area (Å²) in [6.45, 7) is 3.35. The number of anilines is 1. The number of hydrazine groups is 1. The molecule has 0 aliphatic carbocycles. The van der Waals surface area contributed by atoms with Crippen molar-refractivity contribution in [3.63, 3.8) is 0 Å². The van der Waals surface area contributed by atoms with Crippen LogP contribution in [-0.4, -0.2) is 48.0 Å². The number of hydrogen-bond donors (Lipinski definition) is 3. The molecule has 0 saturated heterocycles. The van der Waals surface area contributed by atoms with Gasteiger partial charge < -0.3 is 5.32 Å². The number of rotatable bonds is 8. The van der Waals surface area contributed by atoms with Crippen LogP contribution in [0.3, 0.4) is 0 Å². The Morgan fingerprint density at radius 3 is 2.23 bits per heavy atom. The first-order chi connectivity index (χ1) is 14.3. The Balaban J connectivity index is 1.86. The molecule has 30 heavy (non-hydrogen) atoms. The van der Waals surface area contributed by atoms with Crippen LogP contribution in [0.15, 0.2) is 54.6 Å². The Kier molecular flexibility index (Phi) is 8.25. The first-order valence-electron chi connectivity index (χ1n) is 9.52. The fourth-order valence-corrected chi connectivity index (χ4v) is 2.82. The summed E-state index contributed by atoms with van der Waals surface area (Å²) in [7, 11) is 1.81. The molecule has 0 fully saturated rings. The van der Waals surface area contributed by atoms with Gasteiger partial charge in [-0.15, -0.1) is 0 Å². The maximum Gasteiger partial charge on any atom is 0.310 e. The normalized spacial score (nSPS) is 11.5. The predicted molar refractivity (Wildman–Crippen MR) is 114 cm³/mol. The van der Waals surface area contributed by atoms with Crippen LogP contribution < -0.4 is 16.2 Å². The molecule has 0 saturated carbocycles. The van der Waals surface area contributed by atoms with Crippen molar-refractivity contribution in [3.05, 3.63) is 65.7 Å². The first-order valence-corrected chi connectivity index (χ1v) is 9.52. The second-order valence-corrected chi connectivity index (χ2v) is 7.01. The van der Waals surface area contributed by atoms with E-state index in [-0.39, 0.29) is 29.7 Å². The van der Waals surface area contributed by atoms with E-state index in [0.29, 0.717) is 0 Å². The molecule has 1 unspecified atom stereocenters. The smallest absolute Gasteiger partial charge is 0.310 e. The van der Waals surface area contributed by atoms with Crippen molar-refractivity contribution >= 4 is 29.2 Å². The highest BCUT2D eigenvalue weighted by atomic mass is 16.2. The van der Waals surface area contributed by atoms with E-state index in [4.69, 9.17) is 0 Å². The lowest BCUT2D eigenvalue weighted by atomic mass is 10.1. The minimum absolute atomic E-state index is 0.0352. The zero-order valence-corrected chi connectivity index (χ0v) is 17.3. The van der Waals surface area contributed by atoms with Gasteiger partial charge in [0.15, 0.2) is 0 Å². The summed E-state index contributed by atoms with van der Waals surface area (Å²) >= 11 is 0. The highest BCUT2D eigenvalue weighted by molar-refractivity contribution is 6.44. The highest BCUT2D eigenvalue weighted by Crippen LogP contribution is 2.15. The van der Waals surface area contributed by atoms with Gasteiger partial charge in [0.05, 0.1) is 17.8 Å². The summed E-state index contributed by atoms with van der Waals surface area (Å²) in [6.07, 6.45) is 0.773. The fourth-order valence-electron chi connectivity index (χ4n) is 2.82. The third-order valence-corrected chi connectivity index (χ3v) is 4.52. The first kappa shape index (κ1) is 22.8. The molecular formula is C22H26N4O4. The average molecular weight is 410 g/mol. The van der Waals surface area contributed by atoms with E-state index in [2.05, 4.69) is 16.2 Å². The molecule has 2 aromatic carbocycles. The van der Waals surface area contributed by atoms with Gasteiger partial charge in [0, 0.05) is 13.0 Å². The second kappa shape index (κ2) is 10.9. The van der Waals surface area contributed by atoms with Crippen molar-refractivity contribution < 1.29 is 19.2 Å². The molecule has 0 aliphatic rings. The molecule has 8 nitrogen and oxygen atoms in total. The van der Waals surface area contributed by atoms with Crippen LogP contribution in [0.25, 0.3) is 0 Å². The Morgan fingerprint density at radius 1 is 0.933 bits per heavy atom. The van der Waals surface area contributed by atoms with Crippen LogP contribution in [0.2, 0.25) is 0 Å². The number of carbonyl (C=O) groups excluding carboxylic acids is 4. The van der Waals surface area contributed by atoms with Crippen LogP contribution in [0.4, 0.5) is 5.69 Å². The number of Topliss-reactive ketones (excluding diaryl/α,β-unsaturated/α-hetero) is 1. The standard InChI is InChI=1S/C22H26N4O4/c1-15(13-17-9-5-4-6-10-17)26(3)14-20(28)24-25-22(30)21(29)18-11-7-8-12-19(18)23-16(2)27/h4-12,15H,13-14H2,1-3H3,(H,23,27)(H,24,28)(H,25,30). The van der Waals surface area contributed by atoms with Crippen LogP contribution >= 0.6 is 0 Å². The molecule has 3 amide bonds. The molecule has 8 heteroatoms. The number of amides is 3. The number of carbonyl (C=O) groups is 4. The molecule has 3 N–H and O–H groups in total. The molecule has 0 aliphatic heterocycles. The van der Waals surface area contributed by atoms with E-state index in [1.807, 2.05) is 49.2 Å². The molecule has 158 valence electrons. The summed E-state index contributed by atoms with van der Waals surface area (Å²) in [5.74, 6) is -2.68. The van der Waals surface area contributed by atoms with Crippen molar-refractivity contribution in [2.75, 3.05) is 18.9 Å². The van der Waals surface area contributed by atoms with Gasteiger partial charge in [-0.1, -0.05) is 42.5 Å². The van der Waals surface area contributed by atoms with E-state index in [1.165, 1.54) is 19.1 Å². The lowest BCUT2D eigenvalue weighted by molar-refractivity contribution is -0.127. The zero-order valence-electron chi connectivity index (χ0n) is 17.3. The van der Waals surface area contributed by atoms with Crippen molar-refractivity contribution in [1.29, 1.82) is 0 Å². The van der Waals surface area contributed by atoms with Gasteiger partial charge in [-0.05, 0) is 38.1 Å². The van der Waals surface area contributed by atoms with Gasteiger partial charge >= 0.3 is 5.91 Å². The maximum absolute atomic E-state index is 12.4. The summed E-state index contributed by atoms with van der Waals surface area (Å²) in [5.41, 5.74) is 5.81. The number of para-hydroxylation sites is 1. The fraction of sp³-hybridized carbons (Fsp3) is 0.273. The summed E-state index contributed by atoms with van der Waals surface area (Å²) in [4.78, 5) is 49.8. The largest absolute Gasteiger partial charge is 0.326 e. The van der Waals surface area contributed by atoms with Gasteiger partial charge in [-0.25, -0.2) is 0 Å². The van der Waals surface area contributed by atoms with E-state index in [0.717, 1.165) is 12.0 Å². The minimum Gasteiger partial charge on any atom is -0.326 e. The number of likely N-dealkylation sites (N-methyl/N-ethyl adjacent to an activating group) is 1. The van der Waals surface area contributed by atoms with E-state index in [1.54, 1.807) is 12.1 Å². The van der Waals surface area contributed by atoms with E-state index >= 15 is 0 Å². The summed E-state index contributed by atoms with van der Waals surface area (Å²) in [5, 5.41) is 2.50. The molecule has 0 aromatic heterocycles. The monoisotopic (exact) mass is 410 g/mol. The third-order valence-electron chi connectivity index (χ3n) is 4.52. The Morgan fingerprint density at radius 2 is 1.57 bits per heavy atom. The molecule has 0 heterocycles. The Hall–Kier alpha value is -3.52. The molecule has 2 aromatic rings. The quantitative estimate of drug-likeness (QED) is 0.348. The van der Waals surface area contributed by atoms with Crippen LogP contribution in [-0.2, 0) is 20.8 Å². The Labute approximate surface area is 175 Å². The predicted octanol–water partition coefficient (Wildman–Crippen LogP) is 1.54. The number of benzene rings is 2. The van der Waals surface area contributed by atoms with Gasteiger partial charge in [0.25, 0.3) is 11.7 Å². The number of ketones is 1. The minimum atomic E-state index is -0.999. The van der Waals surface area contributed by atoms with Crippen molar-refractivity contribution in [1.82, 2.24) is 15.8 Å². The molecule has 0 radical (unpaired) electrons. The van der Waals surface area contributed by atoms with Gasteiger partial charge in [-0.3, -0.25) is 34.9 Å². The topological polar surface area (TPSA) is 108 Å².